The first-order valence-corrected chi connectivity index (χ1v) is 7.73. The van der Waals surface area contributed by atoms with Gasteiger partial charge in [-0.3, -0.25) is 4.79 Å². The van der Waals surface area contributed by atoms with Crippen LogP contribution in [0.1, 0.15) is 22.3 Å². The molecule has 24 heavy (non-hydrogen) atoms. The van der Waals surface area contributed by atoms with E-state index in [2.05, 4.69) is 16.7 Å². The molecule has 0 unspecified atom stereocenters. The Morgan fingerprint density at radius 2 is 1.75 bits per heavy atom. The highest BCUT2D eigenvalue weighted by Gasteiger charge is 2.11. The highest BCUT2D eigenvalue weighted by molar-refractivity contribution is 6.07. The Morgan fingerprint density at radius 1 is 1.08 bits per heavy atom. The van der Waals surface area contributed by atoms with E-state index in [1.54, 1.807) is 0 Å². The molecule has 0 fully saturated rings. The number of nitriles is 1. The van der Waals surface area contributed by atoms with Gasteiger partial charge in [-0.25, -0.2) is 0 Å². The number of hydrogen-bond donors (Lipinski definition) is 2. The van der Waals surface area contributed by atoms with Gasteiger partial charge in [-0.1, -0.05) is 18.2 Å². The van der Waals surface area contributed by atoms with Gasteiger partial charge in [0.15, 0.2) is 0 Å². The van der Waals surface area contributed by atoms with Gasteiger partial charge in [0.2, 0.25) is 0 Å². The molecule has 4 heteroatoms. The summed E-state index contributed by atoms with van der Waals surface area (Å²) in [6.07, 6.45) is 1.44. The van der Waals surface area contributed by atoms with Crippen LogP contribution in [0.5, 0.6) is 0 Å². The van der Waals surface area contributed by atoms with Crippen molar-refractivity contribution < 1.29 is 4.79 Å². The monoisotopic (exact) mass is 319 g/mol. The lowest BCUT2D eigenvalue weighted by Crippen LogP contribution is -2.15. The van der Waals surface area contributed by atoms with Gasteiger partial charge >= 0.3 is 0 Å². The van der Waals surface area contributed by atoms with Crippen LogP contribution in [0.2, 0.25) is 0 Å². The molecule has 0 aliphatic rings. The number of rotatable bonds is 4. The van der Waals surface area contributed by atoms with Crippen LogP contribution in [0.3, 0.4) is 0 Å². The zero-order valence-corrected chi connectivity index (χ0v) is 14.4. The Hall–Kier alpha value is -3.06. The van der Waals surface area contributed by atoms with Crippen molar-refractivity contribution >= 4 is 17.3 Å². The summed E-state index contributed by atoms with van der Waals surface area (Å²) in [5, 5.41) is 15.1. The Labute approximate surface area is 142 Å². The van der Waals surface area contributed by atoms with Gasteiger partial charge < -0.3 is 10.6 Å². The molecular weight excluding hydrogens is 298 g/mol. The third-order valence-electron chi connectivity index (χ3n) is 3.82. The Kier molecular flexibility index (Phi) is 5.39. The maximum absolute atomic E-state index is 12.3. The normalized spacial score (nSPS) is 10.9. The van der Waals surface area contributed by atoms with Gasteiger partial charge in [0.25, 0.3) is 5.91 Å². The van der Waals surface area contributed by atoms with E-state index in [1.165, 1.54) is 6.20 Å². The average molecular weight is 319 g/mol. The van der Waals surface area contributed by atoms with Crippen molar-refractivity contribution in [2.24, 2.45) is 0 Å². The van der Waals surface area contributed by atoms with E-state index in [1.807, 2.05) is 64.1 Å². The lowest BCUT2D eigenvalue weighted by Gasteiger charge is -2.10. The number of carbonyl (C=O) groups is 1. The molecule has 2 rings (SSSR count). The number of anilines is 2. The lowest BCUT2D eigenvalue weighted by atomic mass is 10.1. The predicted molar refractivity (Wildman–Crippen MR) is 97.8 cm³/mol. The fourth-order valence-electron chi connectivity index (χ4n) is 2.44. The number of amides is 1. The molecule has 0 aliphatic heterocycles. The second-order valence-corrected chi connectivity index (χ2v) is 5.89. The second-order valence-electron chi connectivity index (χ2n) is 5.89. The van der Waals surface area contributed by atoms with Gasteiger partial charge in [0, 0.05) is 17.6 Å². The molecule has 2 aromatic carbocycles. The lowest BCUT2D eigenvalue weighted by molar-refractivity contribution is -0.112. The van der Waals surface area contributed by atoms with E-state index in [0.717, 1.165) is 27.9 Å². The van der Waals surface area contributed by atoms with Crippen LogP contribution in [0.4, 0.5) is 11.4 Å². The van der Waals surface area contributed by atoms with Crippen LogP contribution in [0.25, 0.3) is 0 Å². The van der Waals surface area contributed by atoms with Gasteiger partial charge in [0.1, 0.15) is 11.6 Å². The van der Waals surface area contributed by atoms with Crippen LogP contribution in [0.15, 0.2) is 48.2 Å². The molecule has 0 atom stereocenters. The smallest absolute Gasteiger partial charge is 0.267 e. The molecule has 0 heterocycles. The summed E-state index contributed by atoms with van der Waals surface area (Å²) in [6.45, 7) is 7.92. The minimum absolute atomic E-state index is 0.0232. The number of aryl methyl sites for hydroxylation is 3. The summed E-state index contributed by atoms with van der Waals surface area (Å²) in [7, 11) is 0. The Morgan fingerprint density at radius 3 is 2.38 bits per heavy atom. The summed E-state index contributed by atoms with van der Waals surface area (Å²) >= 11 is 0. The SMILES string of the molecule is Cc1cc(C)cc(N/C=C(/C#N)C(=O)Nc2cccc(C)c2C)c1. The first-order valence-electron chi connectivity index (χ1n) is 7.73. The molecule has 1 amide bonds. The Balaban J connectivity index is 2.16. The quantitative estimate of drug-likeness (QED) is 0.649. The minimum Gasteiger partial charge on any atom is -0.360 e. The third kappa shape index (κ3) is 4.23. The molecule has 0 saturated carbocycles. The molecule has 0 aromatic heterocycles. The molecule has 0 spiro atoms. The van der Waals surface area contributed by atoms with E-state index in [4.69, 9.17) is 0 Å². The van der Waals surface area contributed by atoms with E-state index in [9.17, 15) is 10.1 Å². The summed E-state index contributed by atoms with van der Waals surface area (Å²) in [5.41, 5.74) is 5.89. The zero-order chi connectivity index (χ0) is 17.7. The van der Waals surface area contributed by atoms with E-state index < -0.39 is 5.91 Å². The van der Waals surface area contributed by atoms with Crippen molar-refractivity contribution in [3.8, 4) is 6.07 Å². The standard InChI is InChI=1S/C20H21N3O/c1-13-8-14(2)10-18(9-13)22-12-17(11-21)20(24)23-19-7-5-6-15(3)16(19)4/h5-10,12,22H,1-4H3,(H,23,24)/b17-12-. The Bertz CT molecular complexity index is 824. The van der Waals surface area contributed by atoms with E-state index in [-0.39, 0.29) is 5.57 Å². The third-order valence-corrected chi connectivity index (χ3v) is 3.82. The number of nitrogens with one attached hydrogen (secondary N) is 2. The first kappa shape index (κ1) is 17.3. The fourth-order valence-corrected chi connectivity index (χ4v) is 2.44. The number of benzene rings is 2. The van der Waals surface area contributed by atoms with Gasteiger partial charge in [-0.2, -0.15) is 5.26 Å². The van der Waals surface area contributed by atoms with Crippen LogP contribution in [0, 0.1) is 39.0 Å². The zero-order valence-electron chi connectivity index (χ0n) is 14.4. The number of hydrogen-bond acceptors (Lipinski definition) is 3. The van der Waals surface area contributed by atoms with Gasteiger partial charge in [-0.15, -0.1) is 0 Å². The second kappa shape index (κ2) is 7.47. The van der Waals surface area contributed by atoms with Gasteiger partial charge in [-0.05, 0) is 68.1 Å². The first-order chi connectivity index (χ1) is 11.4. The molecule has 4 nitrogen and oxygen atoms in total. The van der Waals surface area contributed by atoms with Gasteiger partial charge in [0.05, 0.1) is 0 Å². The molecule has 0 saturated heterocycles. The highest BCUT2D eigenvalue weighted by Crippen LogP contribution is 2.19. The molecule has 2 aromatic rings. The molecule has 2 N–H and O–H groups in total. The van der Waals surface area contributed by atoms with Crippen LogP contribution in [-0.2, 0) is 4.79 Å². The molecule has 0 radical (unpaired) electrons. The van der Waals surface area contributed by atoms with Crippen LogP contribution >= 0.6 is 0 Å². The minimum atomic E-state index is -0.428. The van der Waals surface area contributed by atoms with E-state index in [0.29, 0.717) is 5.69 Å². The molecule has 0 bridgehead atoms. The number of carbonyl (C=O) groups excluding carboxylic acids is 1. The molecule has 122 valence electrons. The van der Waals surface area contributed by atoms with Crippen molar-refractivity contribution in [3.05, 3.63) is 70.4 Å². The molecular formula is C20H21N3O. The fraction of sp³-hybridized carbons (Fsp3) is 0.200. The summed E-state index contributed by atoms with van der Waals surface area (Å²) < 4.78 is 0. The molecule has 0 aliphatic carbocycles. The van der Waals surface area contributed by atoms with E-state index >= 15 is 0 Å². The van der Waals surface area contributed by atoms with Crippen LogP contribution < -0.4 is 10.6 Å². The average Bonchev–Trinajstić information content (AvgIpc) is 2.51. The maximum atomic E-state index is 12.3. The van der Waals surface area contributed by atoms with Crippen molar-refractivity contribution in [2.45, 2.75) is 27.7 Å². The summed E-state index contributed by atoms with van der Waals surface area (Å²) in [6, 6.07) is 13.6. The maximum Gasteiger partial charge on any atom is 0.267 e. The van der Waals surface area contributed by atoms with Crippen molar-refractivity contribution in [3.63, 3.8) is 0 Å². The van der Waals surface area contributed by atoms with Crippen molar-refractivity contribution in [2.75, 3.05) is 10.6 Å². The topological polar surface area (TPSA) is 64.9 Å². The predicted octanol–water partition coefficient (Wildman–Crippen LogP) is 4.38. The van der Waals surface area contributed by atoms with Crippen molar-refractivity contribution in [1.29, 1.82) is 5.26 Å². The van der Waals surface area contributed by atoms with Crippen molar-refractivity contribution in [1.82, 2.24) is 0 Å². The highest BCUT2D eigenvalue weighted by atomic mass is 16.1. The summed E-state index contributed by atoms with van der Waals surface area (Å²) in [4.78, 5) is 12.3. The largest absolute Gasteiger partial charge is 0.360 e. The van der Waals surface area contributed by atoms with Crippen LogP contribution in [-0.4, -0.2) is 5.91 Å². The summed E-state index contributed by atoms with van der Waals surface area (Å²) in [5.74, 6) is -0.428. The number of nitrogens with zero attached hydrogens (tertiary/aromatic N) is 1.